The molecule has 2 heterocycles. The molecule has 0 spiro atoms. The topological polar surface area (TPSA) is 58.9 Å². The molecule has 6 heteroatoms. The molecule has 1 aromatic heterocycles. The molecule has 0 aromatic carbocycles. The maximum absolute atomic E-state index is 4.34. The lowest BCUT2D eigenvalue weighted by Gasteiger charge is -2.42. The van der Waals surface area contributed by atoms with Gasteiger partial charge in [0, 0.05) is 25.2 Å². The minimum atomic E-state index is 0.582. The van der Waals surface area contributed by atoms with Gasteiger partial charge in [-0.05, 0) is 29.9 Å². The first-order valence-electron chi connectivity index (χ1n) is 7.87. The van der Waals surface area contributed by atoms with Gasteiger partial charge < -0.3 is 5.32 Å². The first kappa shape index (κ1) is 13.9. The molecule has 3 rings (SSSR count). The third-order valence-electron chi connectivity index (χ3n) is 4.88. The Kier molecular flexibility index (Phi) is 4.03. The normalized spacial score (nSPS) is 29.6. The van der Waals surface area contributed by atoms with Gasteiger partial charge in [-0.2, -0.15) is 4.80 Å². The Labute approximate surface area is 120 Å². The fraction of sp³-hybridized carbons (Fsp3) is 0.929. The highest BCUT2D eigenvalue weighted by Crippen LogP contribution is 2.35. The summed E-state index contributed by atoms with van der Waals surface area (Å²) in [6.45, 7) is 7.67. The maximum atomic E-state index is 4.34. The standard InChI is InChI=1S/C14H26N6/c1-4-10(2)13-7-15-12(11-5-6-11)8-20(13)9-14-16-18-19(3)17-14/h10-13,15H,4-9H2,1-3H3. The van der Waals surface area contributed by atoms with Crippen LogP contribution in [0.5, 0.6) is 0 Å². The van der Waals surface area contributed by atoms with Gasteiger partial charge in [0.25, 0.3) is 0 Å². The van der Waals surface area contributed by atoms with Crippen molar-refractivity contribution in [2.24, 2.45) is 18.9 Å². The lowest BCUT2D eigenvalue weighted by molar-refractivity contribution is 0.0762. The zero-order valence-corrected chi connectivity index (χ0v) is 12.8. The van der Waals surface area contributed by atoms with E-state index in [1.165, 1.54) is 19.3 Å². The summed E-state index contributed by atoms with van der Waals surface area (Å²) in [6, 6.07) is 1.24. The van der Waals surface area contributed by atoms with Crippen LogP contribution in [0.3, 0.4) is 0 Å². The van der Waals surface area contributed by atoms with E-state index in [-0.39, 0.29) is 0 Å². The van der Waals surface area contributed by atoms with Crippen LogP contribution >= 0.6 is 0 Å². The molecule has 1 aliphatic carbocycles. The van der Waals surface area contributed by atoms with Crippen molar-refractivity contribution in [3.63, 3.8) is 0 Å². The number of aromatic nitrogens is 4. The van der Waals surface area contributed by atoms with Crippen molar-refractivity contribution >= 4 is 0 Å². The Balaban J connectivity index is 1.69. The fourth-order valence-corrected chi connectivity index (χ4v) is 3.25. The minimum absolute atomic E-state index is 0.582. The third-order valence-corrected chi connectivity index (χ3v) is 4.88. The van der Waals surface area contributed by atoms with E-state index in [1.54, 1.807) is 4.80 Å². The first-order valence-corrected chi connectivity index (χ1v) is 7.87. The molecule has 1 aromatic rings. The number of tetrazole rings is 1. The summed E-state index contributed by atoms with van der Waals surface area (Å²) in [5.41, 5.74) is 0. The second-order valence-electron chi connectivity index (χ2n) is 6.43. The van der Waals surface area contributed by atoms with E-state index in [4.69, 9.17) is 0 Å². The van der Waals surface area contributed by atoms with Crippen molar-refractivity contribution in [3.05, 3.63) is 5.82 Å². The minimum Gasteiger partial charge on any atom is -0.311 e. The highest BCUT2D eigenvalue weighted by atomic mass is 15.6. The van der Waals surface area contributed by atoms with E-state index in [0.29, 0.717) is 18.0 Å². The summed E-state index contributed by atoms with van der Waals surface area (Å²) in [5.74, 6) is 2.43. The zero-order valence-electron chi connectivity index (χ0n) is 12.8. The Hall–Kier alpha value is -1.01. The molecule has 20 heavy (non-hydrogen) atoms. The molecule has 3 unspecified atom stereocenters. The van der Waals surface area contributed by atoms with E-state index >= 15 is 0 Å². The highest BCUT2D eigenvalue weighted by molar-refractivity contribution is 4.96. The van der Waals surface area contributed by atoms with Crippen LogP contribution in [0.25, 0.3) is 0 Å². The average Bonchev–Trinajstić information content (AvgIpc) is 3.22. The Morgan fingerprint density at radius 2 is 2.20 bits per heavy atom. The Bertz CT molecular complexity index is 441. The smallest absolute Gasteiger partial charge is 0.188 e. The number of nitrogens with one attached hydrogen (secondary N) is 1. The Morgan fingerprint density at radius 1 is 1.40 bits per heavy atom. The first-order chi connectivity index (χ1) is 9.67. The molecule has 2 fully saturated rings. The molecule has 0 radical (unpaired) electrons. The number of nitrogens with zero attached hydrogens (tertiary/aromatic N) is 5. The fourth-order valence-electron chi connectivity index (χ4n) is 3.25. The Morgan fingerprint density at radius 3 is 2.80 bits per heavy atom. The van der Waals surface area contributed by atoms with Crippen molar-refractivity contribution in [2.75, 3.05) is 13.1 Å². The van der Waals surface area contributed by atoms with E-state index in [1.807, 2.05) is 7.05 Å². The molecule has 3 atom stereocenters. The van der Waals surface area contributed by atoms with Crippen LogP contribution in [0.1, 0.15) is 38.9 Å². The number of hydrogen-bond acceptors (Lipinski definition) is 5. The van der Waals surface area contributed by atoms with Crippen LogP contribution in [0, 0.1) is 11.8 Å². The van der Waals surface area contributed by atoms with Crippen molar-refractivity contribution < 1.29 is 0 Å². The SMILES string of the molecule is CCC(C)C1CNC(C2CC2)CN1Cc1nnn(C)n1. The van der Waals surface area contributed by atoms with Gasteiger partial charge in [-0.1, -0.05) is 20.3 Å². The molecular formula is C14H26N6. The molecule has 6 nitrogen and oxygen atoms in total. The summed E-state index contributed by atoms with van der Waals surface area (Å²) < 4.78 is 0. The molecule has 2 aliphatic rings. The average molecular weight is 278 g/mol. The quantitative estimate of drug-likeness (QED) is 0.863. The van der Waals surface area contributed by atoms with Crippen LogP contribution in [0.15, 0.2) is 0 Å². The van der Waals surface area contributed by atoms with Gasteiger partial charge in [0.05, 0.1) is 13.6 Å². The molecule has 1 aliphatic heterocycles. The van der Waals surface area contributed by atoms with Gasteiger partial charge >= 0.3 is 0 Å². The number of piperazine rings is 1. The van der Waals surface area contributed by atoms with Gasteiger partial charge in [-0.25, -0.2) is 0 Å². The summed E-state index contributed by atoms with van der Waals surface area (Å²) in [6.07, 6.45) is 4.00. The predicted molar refractivity (Wildman–Crippen MR) is 77.0 cm³/mol. The molecule has 1 N–H and O–H groups in total. The number of hydrogen-bond donors (Lipinski definition) is 1. The highest BCUT2D eigenvalue weighted by Gasteiger charge is 2.38. The van der Waals surface area contributed by atoms with Crippen molar-refractivity contribution in [1.82, 2.24) is 30.4 Å². The van der Waals surface area contributed by atoms with Crippen LogP contribution in [0.4, 0.5) is 0 Å². The second-order valence-corrected chi connectivity index (χ2v) is 6.43. The van der Waals surface area contributed by atoms with Gasteiger partial charge in [-0.15, -0.1) is 10.2 Å². The maximum Gasteiger partial charge on any atom is 0.188 e. The number of aryl methyl sites for hydroxylation is 1. The van der Waals surface area contributed by atoms with E-state index in [9.17, 15) is 0 Å². The molecule has 1 saturated carbocycles. The van der Waals surface area contributed by atoms with Crippen molar-refractivity contribution in [2.45, 2.75) is 51.7 Å². The zero-order chi connectivity index (χ0) is 14.1. The molecular weight excluding hydrogens is 252 g/mol. The molecule has 1 saturated heterocycles. The summed E-state index contributed by atoms with van der Waals surface area (Å²) >= 11 is 0. The lowest BCUT2D eigenvalue weighted by atomic mass is 9.93. The van der Waals surface area contributed by atoms with Gasteiger partial charge in [0.15, 0.2) is 5.82 Å². The molecule has 0 amide bonds. The summed E-state index contributed by atoms with van der Waals surface area (Å²) in [7, 11) is 1.83. The van der Waals surface area contributed by atoms with Crippen molar-refractivity contribution in [1.29, 1.82) is 0 Å². The van der Waals surface area contributed by atoms with Crippen LogP contribution in [-0.2, 0) is 13.6 Å². The number of rotatable bonds is 5. The van der Waals surface area contributed by atoms with Crippen LogP contribution in [0.2, 0.25) is 0 Å². The predicted octanol–water partition coefficient (Wildman–Crippen LogP) is 0.809. The third kappa shape index (κ3) is 3.01. The summed E-state index contributed by atoms with van der Waals surface area (Å²) in [4.78, 5) is 4.12. The molecule has 112 valence electrons. The van der Waals surface area contributed by atoms with E-state index in [2.05, 4.69) is 39.5 Å². The van der Waals surface area contributed by atoms with Crippen molar-refractivity contribution in [3.8, 4) is 0 Å². The van der Waals surface area contributed by atoms with Gasteiger partial charge in [0.2, 0.25) is 0 Å². The van der Waals surface area contributed by atoms with Crippen LogP contribution in [-0.4, -0.2) is 50.3 Å². The van der Waals surface area contributed by atoms with E-state index in [0.717, 1.165) is 31.4 Å². The monoisotopic (exact) mass is 278 g/mol. The lowest BCUT2D eigenvalue weighted by Crippen LogP contribution is -2.58. The largest absolute Gasteiger partial charge is 0.311 e. The van der Waals surface area contributed by atoms with Gasteiger partial charge in [-0.3, -0.25) is 4.90 Å². The molecule has 0 bridgehead atoms. The van der Waals surface area contributed by atoms with Crippen LogP contribution < -0.4 is 5.32 Å². The van der Waals surface area contributed by atoms with Gasteiger partial charge in [0.1, 0.15) is 0 Å². The second kappa shape index (κ2) is 5.77. The summed E-state index contributed by atoms with van der Waals surface area (Å²) in [5, 5.41) is 16.2. The van der Waals surface area contributed by atoms with E-state index < -0.39 is 0 Å².